The summed E-state index contributed by atoms with van der Waals surface area (Å²) >= 11 is 0. The van der Waals surface area contributed by atoms with E-state index in [0.29, 0.717) is 25.2 Å². The Bertz CT molecular complexity index is 1050. The van der Waals surface area contributed by atoms with Crippen molar-refractivity contribution in [2.45, 2.75) is 84.2 Å². The van der Waals surface area contributed by atoms with Gasteiger partial charge in [-0.3, -0.25) is 4.79 Å². The molecular weight excluding hydrogens is 472 g/mol. The van der Waals surface area contributed by atoms with Crippen LogP contribution in [0, 0.1) is 0 Å². The van der Waals surface area contributed by atoms with Crippen LogP contribution in [0.1, 0.15) is 92.6 Å². The third kappa shape index (κ3) is 11.5. The smallest absolute Gasteiger partial charge is 0.251 e. The van der Waals surface area contributed by atoms with E-state index in [1.165, 1.54) is 56.4 Å². The number of nitrogens with one attached hydrogen (secondary N) is 1. The van der Waals surface area contributed by atoms with Crippen molar-refractivity contribution < 1.29 is 14.7 Å². The number of carbonyl (C=O) groups is 1. The van der Waals surface area contributed by atoms with Crippen LogP contribution in [0.15, 0.2) is 78.9 Å². The zero-order valence-electron chi connectivity index (χ0n) is 22.9. The molecule has 0 aromatic heterocycles. The normalized spacial score (nSPS) is 11.0. The Labute approximate surface area is 228 Å². The highest BCUT2D eigenvalue weighted by Gasteiger charge is 2.09. The van der Waals surface area contributed by atoms with Gasteiger partial charge in [0.25, 0.3) is 5.91 Å². The molecule has 0 atom stereocenters. The molecule has 0 radical (unpaired) electrons. The van der Waals surface area contributed by atoms with Crippen LogP contribution in [-0.4, -0.2) is 22.7 Å². The average molecular weight is 517 g/mol. The second kappa shape index (κ2) is 17.4. The molecule has 0 heterocycles. The molecular formula is C33H44N2O3. The van der Waals surface area contributed by atoms with Gasteiger partial charge in [0.15, 0.2) is 0 Å². The first kappa shape index (κ1) is 29.4. The van der Waals surface area contributed by atoms with E-state index in [9.17, 15) is 10.0 Å². The minimum Gasteiger partial charge on any atom is -0.457 e. The van der Waals surface area contributed by atoms with Crippen LogP contribution in [0.3, 0.4) is 0 Å². The number of hydrogen-bond acceptors (Lipinski definition) is 4. The molecule has 0 aliphatic heterocycles. The van der Waals surface area contributed by atoms with E-state index in [1.807, 2.05) is 78.9 Å². The molecule has 0 bridgehead atoms. The molecule has 0 aliphatic carbocycles. The predicted octanol–water partition coefficient (Wildman–Crippen LogP) is 8.52. The third-order valence-electron chi connectivity index (χ3n) is 6.64. The summed E-state index contributed by atoms with van der Waals surface area (Å²) in [6.07, 6.45) is 12.8. The molecule has 5 heteroatoms. The van der Waals surface area contributed by atoms with Crippen molar-refractivity contribution in [3.05, 3.63) is 95.6 Å². The Morgan fingerprint density at radius 1 is 0.711 bits per heavy atom. The standard InChI is InChI=1S/C33H44N2O3/c1-2-3-4-5-6-7-8-9-10-14-24-34-33(36)30-17-15-16-29(25-30)27-35(37)26-28-20-22-32(23-21-28)38-31-18-12-11-13-19-31/h11-13,15-23,25,37H,2-10,14,24,26-27H2,1H3,(H,34,36). The molecule has 38 heavy (non-hydrogen) atoms. The summed E-state index contributed by atoms with van der Waals surface area (Å²) in [6.45, 7) is 3.67. The maximum Gasteiger partial charge on any atom is 0.251 e. The van der Waals surface area contributed by atoms with Crippen molar-refractivity contribution in [3.63, 3.8) is 0 Å². The second-order valence-corrected chi connectivity index (χ2v) is 10.0. The van der Waals surface area contributed by atoms with Crippen LogP contribution < -0.4 is 10.1 Å². The van der Waals surface area contributed by atoms with Gasteiger partial charge in [0.2, 0.25) is 0 Å². The monoisotopic (exact) mass is 516 g/mol. The predicted molar refractivity (Wildman–Crippen MR) is 155 cm³/mol. The van der Waals surface area contributed by atoms with Gasteiger partial charge in [-0.2, -0.15) is 5.06 Å². The first-order chi connectivity index (χ1) is 18.6. The fraction of sp³-hybridized carbons (Fsp3) is 0.424. The van der Waals surface area contributed by atoms with E-state index in [4.69, 9.17) is 4.74 Å². The fourth-order valence-electron chi connectivity index (χ4n) is 4.49. The van der Waals surface area contributed by atoms with E-state index < -0.39 is 0 Å². The van der Waals surface area contributed by atoms with E-state index in [0.717, 1.165) is 35.5 Å². The number of para-hydroxylation sites is 1. The summed E-state index contributed by atoms with van der Waals surface area (Å²) in [5.41, 5.74) is 2.49. The molecule has 0 spiro atoms. The zero-order valence-corrected chi connectivity index (χ0v) is 22.9. The van der Waals surface area contributed by atoms with E-state index in [2.05, 4.69) is 12.2 Å². The van der Waals surface area contributed by atoms with Gasteiger partial charge in [0.05, 0.1) is 0 Å². The molecule has 0 saturated carbocycles. The van der Waals surface area contributed by atoms with Crippen LogP contribution in [0.5, 0.6) is 11.5 Å². The summed E-state index contributed by atoms with van der Waals surface area (Å²) in [5, 5.41) is 14.8. The highest BCUT2D eigenvalue weighted by Crippen LogP contribution is 2.21. The van der Waals surface area contributed by atoms with Crippen LogP contribution >= 0.6 is 0 Å². The lowest BCUT2D eigenvalue weighted by atomic mass is 10.1. The SMILES string of the molecule is CCCCCCCCCCCCNC(=O)c1cccc(CN(O)Cc2ccc(Oc3ccccc3)cc2)c1. The van der Waals surface area contributed by atoms with Crippen molar-refractivity contribution >= 4 is 5.91 Å². The van der Waals surface area contributed by atoms with Gasteiger partial charge >= 0.3 is 0 Å². The molecule has 3 aromatic carbocycles. The number of ether oxygens (including phenoxy) is 1. The molecule has 204 valence electrons. The van der Waals surface area contributed by atoms with Gasteiger partial charge < -0.3 is 15.3 Å². The highest BCUT2D eigenvalue weighted by molar-refractivity contribution is 5.94. The van der Waals surface area contributed by atoms with E-state index >= 15 is 0 Å². The Morgan fingerprint density at radius 2 is 1.32 bits per heavy atom. The Hall–Kier alpha value is -3.15. The van der Waals surface area contributed by atoms with Gasteiger partial charge in [-0.1, -0.05) is 107 Å². The zero-order chi connectivity index (χ0) is 26.8. The minimum absolute atomic E-state index is 0.0544. The van der Waals surface area contributed by atoms with Crippen LogP contribution in [-0.2, 0) is 13.1 Å². The van der Waals surface area contributed by atoms with Gasteiger partial charge in [0.1, 0.15) is 11.5 Å². The molecule has 3 aromatic rings. The Balaban J connectivity index is 1.33. The molecule has 5 nitrogen and oxygen atoms in total. The van der Waals surface area contributed by atoms with Crippen molar-refractivity contribution in [1.29, 1.82) is 0 Å². The summed E-state index contributed by atoms with van der Waals surface area (Å²) < 4.78 is 5.83. The quantitative estimate of drug-likeness (QED) is 0.131. The van der Waals surface area contributed by atoms with Gasteiger partial charge in [-0.05, 0) is 53.9 Å². The Morgan fingerprint density at radius 3 is 2.00 bits per heavy atom. The number of hydroxylamine groups is 2. The van der Waals surface area contributed by atoms with Crippen LogP contribution in [0.4, 0.5) is 0 Å². The van der Waals surface area contributed by atoms with Crippen molar-refractivity contribution in [3.8, 4) is 11.5 Å². The molecule has 1 amide bonds. The maximum absolute atomic E-state index is 12.6. The van der Waals surface area contributed by atoms with Gasteiger partial charge in [-0.25, -0.2) is 0 Å². The molecule has 0 unspecified atom stereocenters. The van der Waals surface area contributed by atoms with Gasteiger partial charge in [-0.15, -0.1) is 0 Å². The summed E-state index contributed by atoms with van der Waals surface area (Å²) in [6, 6.07) is 24.8. The number of hydrogen-bond donors (Lipinski definition) is 2. The van der Waals surface area contributed by atoms with Crippen molar-refractivity contribution in [2.75, 3.05) is 6.54 Å². The molecule has 0 fully saturated rings. The van der Waals surface area contributed by atoms with E-state index in [-0.39, 0.29) is 5.91 Å². The minimum atomic E-state index is -0.0544. The third-order valence-corrected chi connectivity index (χ3v) is 6.64. The number of nitrogens with zero attached hydrogens (tertiary/aromatic N) is 1. The average Bonchev–Trinajstić information content (AvgIpc) is 2.93. The summed E-state index contributed by atoms with van der Waals surface area (Å²) in [7, 11) is 0. The largest absolute Gasteiger partial charge is 0.457 e. The fourth-order valence-corrected chi connectivity index (χ4v) is 4.49. The summed E-state index contributed by atoms with van der Waals surface area (Å²) in [5.74, 6) is 1.48. The number of unbranched alkanes of at least 4 members (excludes halogenated alkanes) is 9. The topological polar surface area (TPSA) is 61.8 Å². The van der Waals surface area contributed by atoms with Crippen molar-refractivity contribution in [2.24, 2.45) is 0 Å². The molecule has 0 aliphatic rings. The lowest BCUT2D eigenvalue weighted by molar-refractivity contribution is -0.108. The first-order valence-electron chi connectivity index (χ1n) is 14.3. The second-order valence-electron chi connectivity index (χ2n) is 10.0. The van der Waals surface area contributed by atoms with Gasteiger partial charge in [0, 0.05) is 25.2 Å². The lowest BCUT2D eigenvalue weighted by Gasteiger charge is -2.16. The van der Waals surface area contributed by atoms with E-state index in [1.54, 1.807) is 0 Å². The van der Waals surface area contributed by atoms with Crippen LogP contribution in [0.2, 0.25) is 0 Å². The first-order valence-corrected chi connectivity index (χ1v) is 14.3. The molecule has 2 N–H and O–H groups in total. The maximum atomic E-state index is 12.6. The number of amides is 1. The molecule has 3 rings (SSSR count). The molecule has 0 saturated heterocycles. The highest BCUT2D eigenvalue weighted by atomic mass is 16.5. The number of rotatable bonds is 18. The number of benzene rings is 3. The van der Waals surface area contributed by atoms with Crippen molar-refractivity contribution in [1.82, 2.24) is 10.4 Å². The Kier molecular flexibility index (Phi) is 13.4. The lowest BCUT2D eigenvalue weighted by Crippen LogP contribution is -2.25. The number of carbonyl (C=O) groups excluding carboxylic acids is 1. The van der Waals surface area contributed by atoms with Crippen LogP contribution in [0.25, 0.3) is 0 Å². The summed E-state index contributed by atoms with van der Waals surface area (Å²) in [4.78, 5) is 12.6.